The maximum absolute atomic E-state index is 12.4. The Labute approximate surface area is 171 Å². The molecular formula is C16H20N8O7. The van der Waals surface area contributed by atoms with Gasteiger partial charge in [0.15, 0.2) is 11.2 Å². The Bertz CT molecular complexity index is 1370. The lowest BCUT2D eigenvalue weighted by Crippen LogP contribution is -2.30. The molecule has 15 nitrogen and oxygen atoms in total. The van der Waals surface area contributed by atoms with Crippen LogP contribution in [0.4, 0.5) is 11.6 Å². The van der Waals surface area contributed by atoms with Gasteiger partial charge in [-0.25, -0.2) is 9.59 Å². The molecule has 0 fully saturated rings. The Morgan fingerprint density at radius 2 is 1.81 bits per heavy atom. The second-order valence-electron chi connectivity index (χ2n) is 6.85. The van der Waals surface area contributed by atoms with Crippen LogP contribution >= 0.6 is 0 Å². The number of imidazole rings is 1. The summed E-state index contributed by atoms with van der Waals surface area (Å²) in [5, 5.41) is 27.4. The number of aliphatic hydroxyl groups excluding tert-OH is 1. The van der Waals surface area contributed by atoms with E-state index in [0.717, 1.165) is 4.57 Å². The number of nitrogens with zero attached hydrogens (tertiary/aromatic N) is 5. The van der Waals surface area contributed by atoms with Crippen molar-refractivity contribution in [2.24, 2.45) is 17.3 Å². The van der Waals surface area contributed by atoms with Crippen LogP contribution in [0.3, 0.4) is 0 Å². The number of aliphatic hydroxyl groups is 1. The molecule has 3 aromatic rings. The van der Waals surface area contributed by atoms with Gasteiger partial charge in [0.2, 0.25) is 11.6 Å². The first-order chi connectivity index (χ1) is 14.6. The van der Waals surface area contributed by atoms with Crippen LogP contribution < -0.4 is 22.5 Å². The van der Waals surface area contributed by atoms with E-state index in [-0.39, 0.29) is 36.4 Å². The van der Waals surface area contributed by atoms with Crippen molar-refractivity contribution in [3.05, 3.63) is 41.7 Å². The van der Waals surface area contributed by atoms with Gasteiger partial charge in [-0.1, -0.05) is 0 Å². The highest BCUT2D eigenvalue weighted by atomic mass is 16.5. The average Bonchev–Trinajstić information content (AvgIpc) is 3.02. The molecule has 0 aromatic carbocycles. The molecule has 0 amide bonds. The van der Waals surface area contributed by atoms with E-state index in [1.54, 1.807) is 13.8 Å². The maximum Gasteiger partial charge on any atom is 0.329 e. The molecule has 0 saturated carbocycles. The fourth-order valence-corrected chi connectivity index (χ4v) is 2.69. The highest BCUT2D eigenvalue weighted by molar-refractivity contribution is 5.73. The summed E-state index contributed by atoms with van der Waals surface area (Å²) in [6, 6.07) is 0. The molecule has 1 atom stereocenters. The molecule has 0 aliphatic carbocycles. The predicted octanol–water partition coefficient (Wildman–Crippen LogP) is -1.29. The maximum atomic E-state index is 12.4. The molecule has 3 heterocycles. The first kappa shape index (κ1) is 21.8. The Kier molecular flexibility index (Phi) is 5.98. The molecule has 0 aliphatic heterocycles. The number of nitrogens with one attached hydrogen (secondary N) is 3. The van der Waals surface area contributed by atoms with Crippen molar-refractivity contribution in [2.75, 3.05) is 6.61 Å². The Balaban J connectivity index is 2.14. The summed E-state index contributed by atoms with van der Waals surface area (Å²) in [4.78, 5) is 57.4. The number of aromatic hydroxyl groups is 1. The van der Waals surface area contributed by atoms with Crippen molar-refractivity contribution in [2.45, 2.75) is 32.6 Å². The minimum absolute atomic E-state index is 0.0423. The fourth-order valence-electron chi connectivity index (χ4n) is 2.69. The zero-order chi connectivity index (χ0) is 22.9. The molecule has 15 heteroatoms. The quantitative estimate of drug-likeness (QED) is 0.280. The number of hydrogen-bond donors (Lipinski definition) is 5. The van der Waals surface area contributed by atoms with Crippen LogP contribution in [0.1, 0.15) is 13.8 Å². The van der Waals surface area contributed by atoms with Crippen LogP contribution in [0.2, 0.25) is 0 Å². The first-order valence-electron chi connectivity index (χ1n) is 9.05. The molecule has 31 heavy (non-hydrogen) atoms. The molecule has 0 bridgehead atoms. The first-order valence-corrected chi connectivity index (χ1v) is 9.05. The molecule has 3 aromatic heterocycles. The van der Waals surface area contributed by atoms with Crippen molar-refractivity contribution in [3.63, 3.8) is 0 Å². The normalized spacial score (nSPS) is 12.9. The van der Waals surface area contributed by atoms with Crippen molar-refractivity contribution in [1.82, 2.24) is 29.1 Å². The summed E-state index contributed by atoms with van der Waals surface area (Å²) in [6.45, 7) is 3.31. The molecule has 0 unspecified atom stereocenters. The van der Waals surface area contributed by atoms with Crippen molar-refractivity contribution < 1.29 is 14.9 Å². The third-order valence-electron chi connectivity index (χ3n) is 4.14. The summed E-state index contributed by atoms with van der Waals surface area (Å²) in [5.41, 5.74) is -4.16. The lowest BCUT2D eigenvalue weighted by molar-refractivity contribution is -0.000143. The van der Waals surface area contributed by atoms with E-state index in [1.807, 2.05) is 9.97 Å². The van der Waals surface area contributed by atoms with Crippen LogP contribution in [0.15, 0.2) is 29.4 Å². The molecule has 166 valence electrons. The van der Waals surface area contributed by atoms with Crippen LogP contribution in [0.5, 0.6) is 5.88 Å². The van der Waals surface area contributed by atoms with Gasteiger partial charge >= 0.3 is 11.4 Å². The average molecular weight is 436 g/mol. The number of H-pyrrole nitrogens is 3. The van der Waals surface area contributed by atoms with Crippen molar-refractivity contribution in [3.8, 4) is 5.88 Å². The third-order valence-corrected chi connectivity index (χ3v) is 4.14. The van der Waals surface area contributed by atoms with Gasteiger partial charge in [-0.3, -0.25) is 33.7 Å². The molecular weight excluding hydrogens is 416 g/mol. The van der Waals surface area contributed by atoms with Gasteiger partial charge in [-0.15, -0.1) is 10.2 Å². The SMILES string of the molecule is CC(C)OC[C@@H](O)Cn1c(N=Nc2c(O)[nH]c(=O)[nH]c2=O)nc2c1c(=O)[nH]c(=O)n2C. The lowest BCUT2D eigenvalue weighted by atomic mass is 10.3. The van der Waals surface area contributed by atoms with E-state index in [1.165, 1.54) is 11.6 Å². The van der Waals surface area contributed by atoms with Crippen molar-refractivity contribution >= 4 is 22.8 Å². The van der Waals surface area contributed by atoms with E-state index >= 15 is 0 Å². The van der Waals surface area contributed by atoms with Crippen LogP contribution in [-0.2, 0) is 18.3 Å². The second-order valence-corrected chi connectivity index (χ2v) is 6.85. The highest BCUT2D eigenvalue weighted by Crippen LogP contribution is 2.23. The number of rotatable bonds is 7. The third kappa shape index (κ3) is 4.51. The van der Waals surface area contributed by atoms with Crippen molar-refractivity contribution in [1.29, 1.82) is 0 Å². The van der Waals surface area contributed by atoms with Crippen LogP contribution in [-0.4, -0.2) is 58.1 Å². The summed E-state index contributed by atoms with van der Waals surface area (Å²) in [7, 11) is 1.37. The standard InChI is InChI=1S/C16H20N8O7/c1-6(2)31-5-7(25)4-24-9-10(23(3)16(30)20-13(9)28)17-14(24)22-21-8-11(26)18-15(29)19-12(8)27/h6-7,25H,4-5H2,1-3H3,(H,20,28,30)(H3,18,19,26,27,29)/t7-/m0/s1. The van der Waals surface area contributed by atoms with Crippen LogP contribution in [0.25, 0.3) is 11.2 Å². The second kappa shape index (κ2) is 8.49. The monoisotopic (exact) mass is 436 g/mol. The number of azo groups is 1. The molecule has 0 spiro atoms. The van der Waals surface area contributed by atoms with Gasteiger partial charge in [0.05, 0.1) is 25.4 Å². The largest absolute Gasteiger partial charge is 0.493 e. The lowest BCUT2D eigenvalue weighted by Gasteiger charge is -2.15. The molecule has 3 rings (SSSR count). The number of ether oxygens (including phenoxy) is 1. The van der Waals surface area contributed by atoms with Gasteiger partial charge in [0, 0.05) is 7.05 Å². The Hall–Kier alpha value is -3.85. The molecule has 0 aliphatic rings. The zero-order valence-electron chi connectivity index (χ0n) is 16.7. The highest BCUT2D eigenvalue weighted by Gasteiger charge is 2.20. The number of aryl methyl sites for hydroxylation is 1. The number of aromatic nitrogens is 6. The Morgan fingerprint density at radius 3 is 2.45 bits per heavy atom. The van der Waals surface area contributed by atoms with Gasteiger partial charge in [-0.2, -0.15) is 4.98 Å². The van der Waals surface area contributed by atoms with E-state index in [0.29, 0.717) is 0 Å². The summed E-state index contributed by atoms with van der Waals surface area (Å²) >= 11 is 0. The smallest absolute Gasteiger partial charge is 0.329 e. The predicted molar refractivity (Wildman–Crippen MR) is 106 cm³/mol. The van der Waals surface area contributed by atoms with E-state index in [9.17, 15) is 29.4 Å². The number of aromatic amines is 3. The fraction of sp³-hybridized carbons (Fsp3) is 0.438. The summed E-state index contributed by atoms with van der Waals surface area (Å²) in [5.74, 6) is -1.06. The molecule has 5 N–H and O–H groups in total. The Morgan fingerprint density at radius 1 is 1.10 bits per heavy atom. The molecule has 0 saturated heterocycles. The van der Waals surface area contributed by atoms with E-state index in [4.69, 9.17) is 4.74 Å². The molecule has 0 radical (unpaired) electrons. The number of fused-ring (bicyclic) bond motifs is 1. The van der Waals surface area contributed by atoms with Gasteiger partial charge in [-0.05, 0) is 13.8 Å². The van der Waals surface area contributed by atoms with Gasteiger partial charge in [0.25, 0.3) is 17.1 Å². The zero-order valence-corrected chi connectivity index (χ0v) is 16.7. The van der Waals surface area contributed by atoms with Gasteiger partial charge in [0.1, 0.15) is 0 Å². The number of hydrogen-bond acceptors (Lipinski definition) is 10. The van der Waals surface area contributed by atoms with Gasteiger partial charge < -0.3 is 14.9 Å². The minimum atomic E-state index is -1.07. The topological polar surface area (TPSA) is 213 Å². The summed E-state index contributed by atoms with van der Waals surface area (Å²) < 4.78 is 7.62. The minimum Gasteiger partial charge on any atom is -0.493 e. The summed E-state index contributed by atoms with van der Waals surface area (Å²) in [6.07, 6.45) is -1.22. The van der Waals surface area contributed by atoms with E-state index < -0.39 is 40.2 Å². The van der Waals surface area contributed by atoms with Crippen LogP contribution in [0, 0.1) is 0 Å². The van der Waals surface area contributed by atoms with E-state index in [2.05, 4.69) is 20.2 Å².